The zero-order valence-corrected chi connectivity index (χ0v) is 16.3. The van der Waals surface area contributed by atoms with E-state index in [1.807, 2.05) is 6.26 Å². The maximum absolute atomic E-state index is 13.3. The summed E-state index contributed by atoms with van der Waals surface area (Å²) >= 11 is 4.84. The molecule has 2 N–H and O–H groups in total. The molecule has 4 nitrogen and oxygen atoms in total. The van der Waals surface area contributed by atoms with Crippen LogP contribution in [0.2, 0.25) is 0 Å². The van der Waals surface area contributed by atoms with Crippen LogP contribution in [-0.2, 0) is 4.79 Å². The molecule has 0 saturated heterocycles. The zero-order chi connectivity index (χ0) is 19.1. The Labute approximate surface area is 162 Å². The Morgan fingerprint density at radius 1 is 1.15 bits per heavy atom. The van der Waals surface area contributed by atoms with E-state index >= 15 is 0 Å². The van der Waals surface area contributed by atoms with Gasteiger partial charge in [-0.25, -0.2) is 8.78 Å². The molecule has 2 amide bonds. The number of amides is 2. The Bertz CT molecular complexity index is 805. The molecule has 8 heteroatoms. The van der Waals surface area contributed by atoms with Gasteiger partial charge in [0.25, 0.3) is 5.91 Å². The molecule has 0 saturated carbocycles. The number of carbonyl (C=O) groups excluding carboxylic acids is 2. The minimum Gasteiger partial charge on any atom is -0.340 e. The monoisotopic (exact) mass is 442 g/mol. The summed E-state index contributed by atoms with van der Waals surface area (Å²) < 4.78 is 26.9. The van der Waals surface area contributed by atoms with Crippen molar-refractivity contribution in [1.29, 1.82) is 0 Å². The lowest BCUT2D eigenvalue weighted by Crippen LogP contribution is -2.44. The second-order valence-electron chi connectivity index (χ2n) is 5.41. The maximum Gasteiger partial charge on any atom is 0.253 e. The van der Waals surface area contributed by atoms with Gasteiger partial charge in [0.2, 0.25) is 5.91 Å². The third kappa shape index (κ3) is 5.54. The minimum atomic E-state index is -1.05. The summed E-state index contributed by atoms with van der Waals surface area (Å²) in [4.78, 5) is 25.0. The van der Waals surface area contributed by atoms with E-state index < -0.39 is 29.5 Å². The van der Waals surface area contributed by atoms with Gasteiger partial charge in [0.15, 0.2) is 11.6 Å². The van der Waals surface area contributed by atoms with Crippen molar-refractivity contribution in [3.8, 4) is 0 Å². The summed E-state index contributed by atoms with van der Waals surface area (Å²) in [7, 11) is 0. The first-order valence-electron chi connectivity index (χ1n) is 7.72. The average molecular weight is 443 g/mol. The summed E-state index contributed by atoms with van der Waals surface area (Å²) in [5.41, 5.74) is 0.528. The first kappa shape index (κ1) is 20.4. The summed E-state index contributed by atoms with van der Waals surface area (Å²) in [6.45, 7) is 0. The van der Waals surface area contributed by atoms with Gasteiger partial charge in [-0.3, -0.25) is 9.59 Å². The van der Waals surface area contributed by atoms with Gasteiger partial charge in [-0.2, -0.15) is 11.8 Å². The van der Waals surface area contributed by atoms with Crippen molar-refractivity contribution in [2.75, 3.05) is 17.3 Å². The molecule has 0 heterocycles. The Hall–Kier alpha value is -1.93. The zero-order valence-electron chi connectivity index (χ0n) is 13.9. The molecule has 2 aromatic carbocycles. The normalized spacial score (nSPS) is 11.7. The molecule has 138 valence electrons. The minimum absolute atomic E-state index is 0.123. The molecule has 0 aliphatic rings. The first-order valence-corrected chi connectivity index (χ1v) is 9.91. The molecule has 2 rings (SSSR count). The van der Waals surface area contributed by atoms with E-state index in [0.717, 1.165) is 12.1 Å². The van der Waals surface area contributed by atoms with Crippen molar-refractivity contribution in [1.82, 2.24) is 5.32 Å². The average Bonchev–Trinajstić information content (AvgIpc) is 2.61. The van der Waals surface area contributed by atoms with Gasteiger partial charge in [0.05, 0.1) is 5.56 Å². The second kappa shape index (κ2) is 9.68. The number of halogens is 3. The van der Waals surface area contributed by atoms with E-state index in [1.54, 1.807) is 24.3 Å². The smallest absolute Gasteiger partial charge is 0.253 e. The fourth-order valence-corrected chi connectivity index (χ4v) is 3.13. The number of carbonyl (C=O) groups is 2. The van der Waals surface area contributed by atoms with Crippen LogP contribution in [0.15, 0.2) is 46.9 Å². The van der Waals surface area contributed by atoms with Crippen LogP contribution >= 0.6 is 27.7 Å². The van der Waals surface area contributed by atoms with Crippen LogP contribution in [0.25, 0.3) is 0 Å². The SMILES string of the molecule is CSCCC(NC(=O)c1ccccc1Br)C(=O)Nc1ccc(F)c(F)c1. The lowest BCUT2D eigenvalue weighted by Gasteiger charge is -2.18. The quantitative estimate of drug-likeness (QED) is 0.674. The highest BCUT2D eigenvalue weighted by Crippen LogP contribution is 2.17. The van der Waals surface area contributed by atoms with Gasteiger partial charge < -0.3 is 10.6 Å². The fraction of sp³-hybridized carbons (Fsp3) is 0.222. The maximum atomic E-state index is 13.3. The molecule has 0 spiro atoms. The summed E-state index contributed by atoms with van der Waals surface area (Å²) in [5.74, 6) is -2.30. The van der Waals surface area contributed by atoms with Crippen LogP contribution in [0.5, 0.6) is 0 Å². The van der Waals surface area contributed by atoms with Gasteiger partial charge >= 0.3 is 0 Å². The van der Waals surface area contributed by atoms with E-state index in [1.165, 1.54) is 17.8 Å². The fourth-order valence-electron chi connectivity index (χ4n) is 2.19. The van der Waals surface area contributed by atoms with Crippen LogP contribution in [0.4, 0.5) is 14.5 Å². The van der Waals surface area contributed by atoms with Crippen LogP contribution in [-0.4, -0.2) is 29.9 Å². The number of thioether (sulfide) groups is 1. The molecule has 1 unspecified atom stereocenters. The van der Waals surface area contributed by atoms with Crippen molar-refractivity contribution in [2.45, 2.75) is 12.5 Å². The molecular formula is C18H17BrF2N2O2S. The molecular weight excluding hydrogens is 426 g/mol. The third-order valence-corrected chi connectivity index (χ3v) is 4.87. The number of hydrogen-bond donors (Lipinski definition) is 2. The van der Waals surface area contributed by atoms with Crippen molar-refractivity contribution >= 4 is 45.2 Å². The van der Waals surface area contributed by atoms with Crippen LogP contribution < -0.4 is 10.6 Å². The van der Waals surface area contributed by atoms with Gasteiger partial charge in [-0.1, -0.05) is 12.1 Å². The molecule has 0 radical (unpaired) electrons. The predicted molar refractivity (Wildman–Crippen MR) is 103 cm³/mol. The van der Waals surface area contributed by atoms with Crippen molar-refractivity contribution in [3.63, 3.8) is 0 Å². The Kier molecular flexibility index (Phi) is 7.59. The number of rotatable bonds is 7. The number of anilines is 1. The van der Waals surface area contributed by atoms with E-state index in [9.17, 15) is 18.4 Å². The summed E-state index contributed by atoms with van der Waals surface area (Å²) in [6.07, 6.45) is 2.28. The van der Waals surface area contributed by atoms with Gasteiger partial charge in [0.1, 0.15) is 6.04 Å². The number of nitrogens with one attached hydrogen (secondary N) is 2. The molecule has 0 aliphatic carbocycles. The number of benzene rings is 2. The summed E-state index contributed by atoms with van der Waals surface area (Å²) in [6, 6.07) is 9.15. The molecule has 2 aromatic rings. The molecule has 0 aliphatic heterocycles. The lowest BCUT2D eigenvalue weighted by molar-refractivity contribution is -0.118. The molecule has 0 bridgehead atoms. The highest BCUT2D eigenvalue weighted by molar-refractivity contribution is 9.10. The van der Waals surface area contributed by atoms with E-state index in [2.05, 4.69) is 26.6 Å². The molecule has 1 atom stereocenters. The molecule has 0 aromatic heterocycles. The van der Waals surface area contributed by atoms with Gasteiger partial charge in [-0.05, 0) is 58.6 Å². The van der Waals surface area contributed by atoms with Gasteiger partial charge in [-0.15, -0.1) is 0 Å². The van der Waals surface area contributed by atoms with Crippen molar-refractivity contribution in [3.05, 3.63) is 64.1 Å². The standard InChI is InChI=1S/C18H17BrF2N2O2S/c1-26-9-8-16(23-17(24)12-4-2-3-5-13(12)19)18(25)22-11-6-7-14(20)15(21)10-11/h2-7,10,16H,8-9H2,1H3,(H,22,25)(H,23,24). The van der Waals surface area contributed by atoms with Crippen LogP contribution in [0.1, 0.15) is 16.8 Å². The second-order valence-corrected chi connectivity index (χ2v) is 7.25. The largest absolute Gasteiger partial charge is 0.340 e. The van der Waals surface area contributed by atoms with Crippen molar-refractivity contribution < 1.29 is 18.4 Å². The van der Waals surface area contributed by atoms with E-state index in [-0.39, 0.29) is 5.69 Å². The molecule has 0 fully saturated rings. The van der Waals surface area contributed by atoms with Gasteiger partial charge in [0, 0.05) is 16.2 Å². The first-order chi connectivity index (χ1) is 12.4. The topological polar surface area (TPSA) is 58.2 Å². The molecule has 26 heavy (non-hydrogen) atoms. The van der Waals surface area contributed by atoms with E-state index in [0.29, 0.717) is 22.2 Å². The highest BCUT2D eigenvalue weighted by Gasteiger charge is 2.22. The summed E-state index contributed by atoms with van der Waals surface area (Å²) in [5, 5.41) is 5.20. The van der Waals surface area contributed by atoms with Crippen LogP contribution in [0, 0.1) is 11.6 Å². The lowest BCUT2D eigenvalue weighted by atomic mass is 10.1. The number of hydrogen-bond acceptors (Lipinski definition) is 3. The third-order valence-electron chi connectivity index (χ3n) is 3.54. The van der Waals surface area contributed by atoms with E-state index in [4.69, 9.17) is 0 Å². The van der Waals surface area contributed by atoms with Crippen molar-refractivity contribution in [2.24, 2.45) is 0 Å². The predicted octanol–water partition coefficient (Wildman–Crippen LogP) is 4.22. The Morgan fingerprint density at radius 3 is 2.54 bits per heavy atom. The Morgan fingerprint density at radius 2 is 1.88 bits per heavy atom. The van der Waals surface area contributed by atoms with Crippen LogP contribution in [0.3, 0.4) is 0 Å². The Balaban J connectivity index is 2.12. The highest BCUT2D eigenvalue weighted by atomic mass is 79.9.